The van der Waals surface area contributed by atoms with Gasteiger partial charge in [0.25, 0.3) is 0 Å². The minimum Gasteiger partial charge on any atom is -0.347 e. The number of carbonyl (C=O) groups excluding carboxylic acids is 2. The van der Waals surface area contributed by atoms with Gasteiger partial charge in [0, 0.05) is 13.1 Å². The van der Waals surface area contributed by atoms with Gasteiger partial charge in [-0.2, -0.15) is 0 Å². The highest BCUT2D eigenvalue weighted by atomic mass is 16.2. The first-order valence-electron chi connectivity index (χ1n) is 7.95. The van der Waals surface area contributed by atoms with Crippen molar-refractivity contribution in [2.75, 3.05) is 32.7 Å². The molecule has 0 aromatic heterocycles. The van der Waals surface area contributed by atoms with Crippen molar-refractivity contribution in [3.63, 3.8) is 0 Å². The Balaban J connectivity index is 1.82. The molecular formula is C15H27N3O2. The standard InChI is InChI=1S/C15H27N3O2/c1-2-15(6-8-16-9-7-15)14(20)17-12-13(19)18-10-4-3-5-11-18/h16H,2-12H2,1H3,(H,17,20). The molecule has 0 spiro atoms. The average Bonchev–Trinajstić information content (AvgIpc) is 2.53. The van der Waals surface area contributed by atoms with E-state index in [1.165, 1.54) is 6.42 Å². The Bertz CT molecular complexity index is 345. The van der Waals surface area contributed by atoms with Crippen molar-refractivity contribution in [1.82, 2.24) is 15.5 Å². The first kappa shape index (κ1) is 15.3. The lowest BCUT2D eigenvalue weighted by molar-refractivity contribution is -0.138. The van der Waals surface area contributed by atoms with Crippen molar-refractivity contribution in [2.45, 2.75) is 45.4 Å². The summed E-state index contributed by atoms with van der Waals surface area (Å²) in [6.07, 6.45) is 5.97. The van der Waals surface area contributed by atoms with E-state index in [1.54, 1.807) is 0 Å². The minimum atomic E-state index is -0.270. The number of hydrogen-bond donors (Lipinski definition) is 2. The summed E-state index contributed by atoms with van der Waals surface area (Å²) >= 11 is 0. The van der Waals surface area contributed by atoms with Crippen molar-refractivity contribution in [3.05, 3.63) is 0 Å². The third-order valence-corrected chi connectivity index (χ3v) is 4.83. The maximum absolute atomic E-state index is 12.4. The Morgan fingerprint density at radius 1 is 1.15 bits per heavy atom. The van der Waals surface area contributed by atoms with E-state index in [0.717, 1.165) is 58.3 Å². The predicted molar refractivity (Wildman–Crippen MR) is 78.3 cm³/mol. The minimum absolute atomic E-state index is 0.0619. The highest BCUT2D eigenvalue weighted by Gasteiger charge is 2.37. The van der Waals surface area contributed by atoms with Gasteiger partial charge < -0.3 is 15.5 Å². The van der Waals surface area contributed by atoms with Gasteiger partial charge in [0.1, 0.15) is 0 Å². The molecule has 0 aliphatic carbocycles. The Morgan fingerprint density at radius 2 is 1.80 bits per heavy atom. The quantitative estimate of drug-likeness (QED) is 0.804. The monoisotopic (exact) mass is 281 g/mol. The van der Waals surface area contributed by atoms with Crippen molar-refractivity contribution >= 4 is 11.8 Å². The largest absolute Gasteiger partial charge is 0.347 e. The van der Waals surface area contributed by atoms with Crippen molar-refractivity contribution < 1.29 is 9.59 Å². The van der Waals surface area contributed by atoms with E-state index < -0.39 is 0 Å². The zero-order valence-electron chi connectivity index (χ0n) is 12.5. The smallest absolute Gasteiger partial charge is 0.241 e. The fourth-order valence-electron chi connectivity index (χ4n) is 3.25. The lowest BCUT2D eigenvalue weighted by Crippen LogP contribution is -2.50. The predicted octanol–water partition coefficient (Wildman–Crippen LogP) is 0.895. The van der Waals surface area contributed by atoms with Gasteiger partial charge in [-0.15, -0.1) is 0 Å². The van der Waals surface area contributed by atoms with Gasteiger partial charge in [-0.1, -0.05) is 6.92 Å². The molecule has 0 unspecified atom stereocenters. The molecule has 0 atom stereocenters. The number of rotatable bonds is 4. The molecule has 2 fully saturated rings. The Hall–Kier alpha value is -1.10. The first-order valence-corrected chi connectivity index (χ1v) is 7.95. The van der Waals surface area contributed by atoms with Crippen LogP contribution in [0.4, 0.5) is 0 Å². The van der Waals surface area contributed by atoms with E-state index >= 15 is 0 Å². The molecule has 2 amide bonds. The molecular weight excluding hydrogens is 254 g/mol. The van der Waals surface area contributed by atoms with Gasteiger partial charge in [-0.05, 0) is 51.6 Å². The summed E-state index contributed by atoms with van der Waals surface area (Å²) in [6, 6.07) is 0. The molecule has 5 nitrogen and oxygen atoms in total. The van der Waals surface area contributed by atoms with E-state index in [0.29, 0.717) is 0 Å². The van der Waals surface area contributed by atoms with Crippen LogP contribution in [0.3, 0.4) is 0 Å². The Kier molecular flexibility index (Phi) is 5.40. The topological polar surface area (TPSA) is 61.4 Å². The van der Waals surface area contributed by atoms with E-state index in [-0.39, 0.29) is 23.8 Å². The van der Waals surface area contributed by atoms with Crippen LogP contribution < -0.4 is 10.6 Å². The molecule has 0 saturated carbocycles. The second-order valence-corrected chi connectivity index (χ2v) is 6.01. The van der Waals surface area contributed by atoms with Crippen LogP contribution in [0.15, 0.2) is 0 Å². The summed E-state index contributed by atoms with van der Waals surface area (Å²) in [4.78, 5) is 26.4. The van der Waals surface area contributed by atoms with Gasteiger partial charge in [0.15, 0.2) is 0 Å². The number of hydrogen-bond acceptors (Lipinski definition) is 3. The maximum atomic E-state index is 12.4. The molecule has 2 N–H and O–H groups in total. The van der Waals surface area contributed by atoms with Crippen LogP contribution >= 0.6 is 0 Å². The van der Waals surface area contributed by atoms with Crippen molar-refractivity contribution in [1.29, 1.82) is 0 Å². The number of carbonyl (C=O) groups is 2. The molecule has 5 heteroatoms. The van der Waals surface area contributed by atoms with Crippen LogP contribution in [-0.2, 0) is 9.59 Å². The maximum Gasteiger partial charge on any atom is 0.241 e. The highest BCUT2D eigenvalue weighted by molar-refractivity contribution is 5.88. The number of likely N-dealkylation sites (tertiary alicyclic amines) is 1. The van der Waals surface area contributed by atoms with Gasteiger partial charge >= 0.3 is 0 Å². The number of piperidine rings is 2. The molecule has 2 saturated heterocycles. The van der Waals surface area contributed by atoms with E-state index in [9.17, 15) is 9.59 Å². The van der Waals surface area contributed by atoms with Crippen LogP contribution in [0.25, 0.3) is 0 Å². The van der Waals surface area contributed by atoms with Crippen LogP contribution in [0.1, 0.15) is 45.4 Å². The summed E-state index contributed by atoms with van der Waals surface area (Å²) in [5, 5.41) is 6.17. The van der Waals surface area contributed by atoms with Crippen LogP contribution in [0, 0.1) is 5.41 Å². The summed E-state index contributed by atoms with van der Waals surface area (Å²) in [5.74, 6) is 0.130. The fourth-order valence-corrected chi connectivity index (χ4v) is 3.25. The lowest BCUT2D eigenvalue weighted by Gasteiger charge is -2.35. The highest BCUT2D eigenvalue weighted by Crippen LogP contribution is 2.32. The molecule has 2 aliphatic rings. The number of amides is 2. The molecule has 2 aliphatic heterocycles. The molecule has 2 rings (SSSR count). The third-order valence-electron chi connectivity index (χ3n) is 4.83. The number of nitrogens with one attached hydrogen (secondary N) is 2. The van der Waals surface area contributed by atoms with Gasteiger partial charge in [-0.3, -0.25) is 9.59 Å². The summed E-state index contributed by atoms with van der Waals surface area (Å²) in [6.45, 7) is 5.70. The Labute approximate surface area is 121 Å². The molecule has 114 valence electrons. The van der Waals surface area contributed by atoms with Crippen molar-refractivity contribution in [3.8, 4) is 0 Å². The third kappa shape index (κ3) is 3.51. The van der Waals surface area contributed by atoms with Crippen LogP contribution in [0.5, 0.6) is 0 Å². The SMILES string of the molecule is CCC1(C(=O)NCC(=O)N2CCCCC2)CCNCC1. The molecule has 2 heterocycles. The summed E-state index contributed by atoms with van der Waals surface area (Å²) in [7, 11) is 0. The second-order valence-electron chi connectivity index (χ2n) is 6.01. The van der Waals surface area contributed by atoms with E-state index in [2.05, 4.69) is 17.6 Å². The van der Waals surface area contributed by atoms with Crippen LogP contribution in [-0.4, -0.2) is 49.4 Å². The van der Waals surface area contributed by atoms with Gasteiger partial charge in [0.2, 0.25) is 11.8 Å². The zero-order valence-corrected chi connectivity index (χ0v) is 12.5. The summed E-state index contributed by atoms with van der Waals surface area (Å²) in [5.41, 5.74) is -0.270. The molecule has 0 bridgehead atoms. The lowest BCUT2D eigenvalue weighted by atomic mass is 9.76. The van der Waals surface area contributed by atoms with Crippen molar-refractivity contribution in [2.24, 2.45) is 5.41 Å². The molecule has 20 heavy (non-hydrogen) atoms. The number of nitrogens with zero attached hydrogens (tertiary/aromatic N) is 1. The molecule has 0 aromatic carbocycles. The fraction of sp³-hybridized carbons (Fsp3) is 0.867. The van der Waals surface area contributed by atoms with Gasteiger partial charge in [0.05, 0.1) is 12.0 Å². The first-order chi connectivity index (χ1) is 9.68. The normalized spacial score (nSPS) is 22.4. The average molecular weight is 281 g/mol. The van der Waals surface area contributed by atoms with E-state index in [1.807, 2.05) is 4.90 Å². The molecule has 0 radical (unpaired) electrons. The summed E-state index contributed by atoms with van der Waals surface area (Å²) < 4.78 is 0. The second kappa shape index (κ2) is 7.07. The van der Waals surface area contributed by atoms with Gasteiger partial charge in [-0.25, -0.2) is 0 Å². The molecule has 0 aromatic rings. The van der Waals surface area contributed by atoms with Crippen LogP contribution in [0.2, 0.25) is 0 Å². The Morgan fingerprint density at radius 3 is 2.40 bits per heavy atom. The zero-order chi connectivity index (χ0) is 14.4. The van der Waals surface area contributed by atoms with E-state index in [4.69, 9.17) is 0 Å².